The van der Waals surface area contributed by atoms with Crippen molar-refractivity contribution >= 4 is 0 Å². The third kappa shape index (κ3) is 3.79. The van der Waals surface area contributed by atoms with Crippen LogP contribution in [-0.2, 0) is 0 Å². The topological polar surface area (TPSA) is 35.2 Å². The highest BCUT2D eigenvalue weighted by atomic mass is 19.4. The summed E-state index contributed by atoms with van der Waals surface area (Å²) in [6.45, 7) is 1.91. The van der Waals surface area contributed by atoms with Crippen LogP contribution in [0.25, 0.3) is 0 Å². The summed E-state index contributed by atoms with van der Waals surface area (Å²) in [5.41, 5.74) is 6.51. The predicted octanol–water partition coefficient (Wildman–Crippen LogP) is 3.00. The lowest BCUT2D eigenvalue weighted by Crippen LogP contribution is -2.17. The van der Waals surface area contributed by atoms with Gasteiger partial charge >= 0.3 is 6.36 Å². The minimum absolute atomic E-state index is 0.148. The molecule has 5 heteroatoms. The zero-order valence-electron chi connectivity index (χ0n) is 8.21. The summed E-state index contributed by atoms with van der Waals surface area (Å²) in [7, 11) is 0. The average Bonchev–Trinajstić information content (AvgIpc) is 2.15. The summed E-state index contributed by atoms with van der Waals surface area (Å²) in [6, 6.07) is 5.45. The van der Waals surface area contributed by atoms with E-state index in [9.17, 15) is 13.2 Å². The van der Waals surface area contributed by atoms with Crippen LogP contribution in [0.5, 0.6) is 5.75 Å². The van der Waals surface area contributed by atoms with Crippen LogP contribution in [0.1, 0.15) is 24.9 Å². The minimum atomic E-state index is -4.64. The van der Waals surface area contributed by atoms with Gasteiger partial charge in [0.05, 0.1) is 0 Å². The molecule has 1 aromatic rings. The highest BCUT2D eigenvalue weighted by Gasteiger charge is 2.30. The van der Waals surface area contributed by atoms with Gasteiger partial charge in [0.25, 0.3) is 0 Å². The van der Waals surface area contributed by atoms with Crippen molar-refractivity contribution in [3.8, 4) is 5.75 Å². The number of hydrogen-bond acceptors (Lipinski definition) is 2. The van der Waals surface area contributed by atoms with Crippen LogP contribution >= 0.6 is 0 Å². The van der Waals surface area contributed by atoms with Gasteiger partial charge in [-0.15, -0.1) is 13.2 Å². The molecule has 0 heterocycles. The maximum atomic E-state index is 11.8. The maximum absolute atomic E-state index is 11.8. The Morgan fingerprint density at radius 1 is 1.27 bits per heavy atom. The van der Waals surface area contributed by atoms with Gasteiger partial charge < -0.3 is 10.5 Å². The first-order valence-electron chi connectivity index (χ1n) is 4.53. The van der Waals surface area contributed by atoms with Crippen LogP contribution in [0, 0.1) is 0 Å². The summed E-state index contributed by atoms with van der Waals surface area (Å²) in [5.74, 6) is -0.227. The van der Waals surface area contributed by atoms with Crippen molar-refractivity contribution in [3.63, 3.8) is 0 Å². The molecular weight excluding hydrogens is 207 g/mol. The Hall–Kier alpha value is -1.23. The Bertz CT molecular complexity index is 307. The number of halogens is 3. The largest absolute Gasteiger partial charge is 0.573 e. The molecule has 0 aromatic heterocycles. The molecule has 84 valence electrons. The van der Waals surface area contributed by atoms with E-state index >= 15 is 0 Å². The SMILES string of the molecule is CC[C@@H](N)c1ccc(OC(F)(F)F)cc1. The van der Waals surface area contributed by atoms with E-state index in [2.05, 4.69) is 4.74 Å². The molecule has 1 aromatic carbocycles. The van der Waals surface area contributed by atoms with E-state index in [0.717, 1.165) is 12.0 Å². The van der Waals surface area contributed by atoms with Gasteiger partial charge in [0.1, 0.15) is 5.75 Å². The molecule has 1 atom stereocenters. The van der Waals surface area contributed by atoms with Crippen molar-refractivity contribution in [2.24, 2.45) is 5.73 Å². The number of nitrogens with two attached hydrogens (primary N) is 1. The van der Waals surface area contributed by atoms with Crippen molar-refractivity contribution in [3.05, 3.63) is 29.8 Å². The molecule has 0 radical (unpaired) electrons. The van der Waals surface area contributed by atoms with Crippen LogP contribution in [0.15, 0.2) is 24.3 Å². The average molecular weight is 219 g/mol. The van der Waals surface area contributed by atoms with Crippen molar-refractivity contribution in [2.75, 3.05) is 0 Å². The molecule has 0 saturated heterocycles. The van der Waals surface area contributed by atoms with Crippen LogP contribution in [0.4, 0.5) is 13.2 Å². The van der Waals surface area contributed by atoms with Crippen LogP contribution in [-0.4, -0.2) is 6.36 Å². The zero-order valence-corrected chi connectivity index (χ0v) is 8.21. The van der Waals surface area contributed by atoms with E-state index in [4.69, 9.17) is 5.73 Å². The number of ether oxygens (including phenoxy) is 1. The highest BCUT2D eigenvalue weighted by Crippen LogP contribution is 2.24. The van der Waals surface area contributed by atoms with Crippen molar-refractivity contribution in [1.29, 1.82) is 0 Å². The quantitative estimate of drug-likeness (QED) is 0.848. The highest BCUT2D eigenvalue weighted by molar-refractivity contribution is 5.29. The fourth-order valence-electron chi connectivity index (χ4n) is 1.15. The van der Waals surface area contributed by atoms with Gasteiger partial charge in [-0.3, -0.25) is 0 Å². The molecule has 2 N–H and O–H groups in total. The van der Waals surface area contributed by atoms with Gasteiger partial charge in [0, 0.05) is 6.04 Å². The third-order valence-electron chi connectivity index (χ3n) is 1.98. The van der Waals surface area contributed by atoms with Crippen LogP contribution < -0.4 is 10.5 Å². The molecule has 0 unspecified atom stereocenters. The Labute approximate surface area is 85.8 Å². The summed E-state index contributed by atoms with van der Waals surface area (Å²) < 4.78 is 39.2. The number of alkyl halides is 3. The van der Waals surface area contributed by atoms with Crippen molar-refractivity contribution < 1.29 is 17.9 Å². The van der Waals surface area contributed by atoms with E-state index in [1.54, 1.807) is 0 Å². The number of rotatable bonds is 3. The van der Waals surface area contributed by atoms with E-state index in [0.29, 0.717) is 0 Å². The van der Waals surface area contributed by atoms with Crippen molar-refractivity contribution in [1.82, 2.24) is 0 Å². The molecule has 1 rings (SSSR count). The number of benzene rings is 1. The molecule has 0 fully saturated rings. The van der Waals surface area contributed by atoms with E-state index in [1.165, 1.54) is 24.3 Å². The standard InChI is InChI=1S/C10H12F3NO/c1-2-9(14)7-3-5-8(6-4-7)15-10(11,12)13/h3-6,9H,2,14H2,1H3/t9-/m1/s1. The fraction of sp³-hybridized carbons (Fsp3) is 0.400. The zero-order chi connectivity index (χ0) is 11.5. The number of hydrogen-bond donors (Lipinski definition) is 1. The molecule has 0 bridgehead atoms. The second-order valence-electron chi connectivity index (χ2n) is 3.13. The first-order chi connectivity index (χ1) is 6.92. The van der Waals surface area contributed by atoms with E-state index < -0.39 is 6.36 Å². The lowest BCUT2D eigenvalue weighted by Gasteiger charge is -2.11. The van der Waals surface area contributed by atoms with E-state index in [1.807, 2.05) is 6.92 Å². The summed E-state index contributed by atoms with van der Waals surface area (Å²) in [5, 5.41) is 0. The lowest BCUT2D eigenvalue weighted by atomic mass is 10.1. The second-order valence-corrected chi connectivity index (χ2v) is 3.13. The molecule has 15 heavy (non-hydrogen) atoms. The molecule has 0 aliphatic rings. The Morgan fingerprint density at radius 2 is 1.80 bits per heavy atom. The van der Waals surface area contributed by atoms with Crippen LogP contribution in [0.2, 0.25) is 0 Å². The molecule has 0 spiro atoms. The summed E-state index contributed by atoms with van der Waals surface area (Å²) in [4.78, 5) is 0. The summed E-state index contributed by atoms with van der Waals surface area (Å²) in [6.07, 6.45) is -3.91. The van der Waals surface area contributed by atoms with Gasteiger partial charge in [0.2, 0.25) is 0 Å². The van der Waals surface area contributed by atoms with Gasteiger partial charge in [-0.25, -0.2) is 0 Å². The van der Waals surface area contributed by atoms with Crippen molar-refractivity contribution in [2.45, 2.75) is 25.7 Å². The third-order valence-corrected chi connectivity index (χ3v) is 1.98. The van der Waals surface area contributed by atoms with Gasteiger partial charge in [0.15, 0.2) is 0 Å². The first kappa shape index (κ1) is 11.8. The Kier molecular flexibility index (Phi) is 3.57. The molecule has 0 aliphatic carbocycles. The minimum Gasteiger partial charge on any atom is -0.406 e. The Morgan fingerprint density at radius 3 is 2.20 bits per heavy atom. The lowest BCUT2D eigenvalue weighted by molar-refractivity contribution is -0.274. The molecule has 0 aliphatic heterocycles. The predicted molar refractivity (Wildman–Crippen MR) is 50.3 cm³/mol. The normalized spacial score (nSPS) is 13.7. The van der Waals surface area contributed by atoms with Gasteiger partial charge in [-0.05, 0) is 24.1 Å². The Balaban J connectivity index is 2.72. The summed E-state index contributed by atoms with van der Waals surface area (Å²) >= 11 is 0. The smallest absolute Gasteiger partial charge is 0.406 e. The monoisotopic (exact) mass is 219 g/mol. The maximum Gasteiger partial charge on any atom is 0.573 e. The molecule has 0 saturated carbocycles. The molecule has 2 nitrogen and oxygen atoms in total. The first-order valence-corrected chi connectivity index (χ1v) is 4.53. The fourth-order valence-corrected chi connectivity index (χ4v) is 1.15. The molecule has 0 amide bonds. The van der Waals surface area contributed by atoms with E-state index in [-0.39, 0.29) is 11.8 Å². The second kappa shape index (κ2) is 4.53. The van der Waals surface area contributed by atoms with Crippen LogP contribution in [0.3, 0.4) is 0 Å². The van der Waals surface area contributed by atoms with Gasteiger partial charge in [-0.2, -0.15) is 0 Å². The van der Waals surface area contributed by atoms with Gasteiger partial charge in [-0.1, -0.05) is 19.1 Å². The molecular formula is C10H12F3NO.